The predicted octanol–water partition coefficient (Wildman–Crippen LogP) is 4.03. The zero-order valence-electron chi connectivity index (χ0n) is 16.1. The number of halogens is 2. The summed E-state index contributed by atoms with van der Waals surface area (Å²) in [6.45, 7) is 0.337. The van der Waals surface area contributed by atoms with Crippen LogP contribution in [0.3, 0.4) is 0 Å². The number of aromatic nitrogens is 2. The molecule has 30 heavy (non-hydrogen) atoms. The van der Waals surface area contributed by atoms with Crippen LogP contribution in [0.25, 0.3) is 11.3 Å². The highest BCUT2D eigenvalue weighted by atomic mass is 35.5. The fourth-order valence-electron chi connectivity index (χ4n) is 2.44. The normalized spacial score (nSPS) is 10.4. The van der Waals surface area contributed by atoms with Crippen LogP contribution in [0, 0.1) is 0 Å². The monoisotopic (exact) mass is 447 g/mol. The van der Waals surface area contributed by atoms with Crippen LogP contribution in [0.2, 0.25) is 10.0 Å². The number of benzene rings is 2. The van der Waals surface area contributed by atoms with E-state index < -0.39 is 0 Å². The van der Waals surface area contributed by atoms with Gasteiger partial charge >= 0.3 is 0 Å². The number of nitrogens with zero attached hydrogens (tertiary/aromatic N) is 2. The third-order valence-corrected chi connectivity index (χ3v) is 4.50. The van der Waals surface area contributed by atoms with Crippen LogP contribution >= 0.6 is 23.2 Å². The van der Waals surface area contributed by atoms with E-state index in [1.807, 2.05) is 30.3 Å². The van der Waals surface area contributed by atoms with E-state index >= 15 is 0 Å². The summed E-state index contributed by atoms with van der Waals surface area (Å²) < 4.78 is 16.0. The SMILES string of the molecule is COc1ccc(-c2ccc(OCCNC(=O)COc3cc(Cl)ccc3Cl)nn2)cc1. The molecule has 0 spiro atoms. The Morgan fingerprint density at radius 1 is 1.00 bits per heavy atom. The standard InChI is InChI=1S/C21H19Cl2N3O4/c1-28-16-5-2-14(3-6-16)18-8-9-21(26-25-18)29-11-10-24-20(27)13-30-19-12-15(22)4-7-17(19)23/h2-9,12H,10-11,13H2,1H3,(H,24,27). The van der Waals surface area contributed by atoms with Crippen molar-refractivity contribution < 1.29 is 19.0 Å². The second-order valence-corrected chi connectivity index (χ2v) is 6.89. The molecule has 156 valence electrons. The first-order valence-electron chi connectivity index (χ1n) is 9.00. The number of carbonyl (C=O) groups is 1. The minimum absolute atomic E-state index is 0.184. The van der Waals surface area contributed by atoms with Crippen molar-refractivity contribution in [2.24, 2.45) is 0 Å². The van der Waals surface area contributed by atoms with Crippen LogP contribution < -0.4 is 19.5 Å². The van der Waals surface area contributed by atoms with E-state index in [4.69, 9.17) is 37.4 Å². The van der Waals surface area contributed by atoms with E-state index in [1.54, 1.807) is 31.4 Å². The lowest BCUT2D eigenvalue weighted by atomic mass is 10.1. The summed E-state index contributed by atoms with van der Waals surface area (Å²) in [4.78, 5) is 11.9. The number of methoxy groups -OCH3 is 1. The number of hydrogen-bond acceptors (Lipinski definition) is 6. The van der Waals surface area contributed by atoms with Crippen molar-refractivity contribution in [2.45, 2.75) is 0 Å². The first-order valence-corrected chi connectivity index (χ1v) is 9.76. The first-order chi connectivity index (χ1) is 14.5. The molecule has 9 heteroatoms. The smallest absolute Gasteiger partial charge is 0.258 e. The maximum absolute atomic E-state index is 11.9. The molecule has 0 saturated heterocycles. The van der Waals surface area contributed by atoms with Gasteiger partial charge in [0.2, 0.25) is 5.88 Å². The lowest BCUT2D eigenvalue weighted by molar-refractivity contribution is -0.123. The second kappa shape index (κ2) is 10.7. The second-order valence-electron chi connectivity index (χ2n) is 6.05. The molecule has 0 unspecified atom stereocenters. The van der Waals surface area contributed by atoms with Crippen molar-refractivity contribution in [3.8, 4) is 28.6 Å². The van der Waals surface area contributed by atoms with Crippen molar-refractivity contribution in [3.05, 3.63) is 64.6 Å². The molecule has 0 bridgehead atoms. The minimum Gasteiger partial charge on any atom is -0.497 e. The van der Waals surface area contributed by atoms with E-state index in [2.05, 4.69) is 15.5 Å². The van der Waals surface area contributed by atoms with Crippen molar-refractivity contribution in [3.63, 3.8) is 0 Å². The number of hydrogen-bond donors (Lipinski definition) is 1. The molecular formula is C21H19Cl2N3O4. The van der Waals surface area contributed by atoms with Gasteiger partial charge in [-0.3, -0.25) is 4.79 Å². The summed E-state index contributed by atoms with van der Waals surface area (Å²) in [7, 11) is 1.62. The van der Waals surface area contributed by atoms with Gasteiger partial charge in [0.25, 0.3) is 5.91 Å². The Morgan fingerprint density at radius 3 is 2.50 bits per heavy atom. The predicted molar refractivity (Wildman–Crippen MR) is 114 cm³/mol. The van der Waals surface area contributed by atoms with Gasteiger partial charge in [-0.15, -0.1) is 10.2 Å². The molecule has 0 fully saturated rings. The highest BCUT2D eigenvalue weighted by Gasteiger charge is 2.07. The quantitative estimate of drug-likeness (QED) is 0.498. The number of ether oxygens (including phenoxy) is 3. The maximum Gasteiger partial charge on any atom is 0.258 e. The molecule has 7 nitrogen and oxygen atoms in total. The van der Waals surface area contributed by atoms with E-state index in [1.165, 1.54) is 0 Å². The summed E-state index contributed by atoms with van der Waals surface area (Å²) in [6, 6.07) is 15.8. The van der Waals surface area contributed by atoms with Crippen LogP contribution in [0.1, 0.15) is 0 Å². The average molecular weight is 448 g/mol. The largest absolute Gasteiger partial charge is 0.497 e. The Kier molecular flexibility index (Phi) is 7.70. The zero-order valence-corrected chi connectivity index (χ0v) is 17.6. The van der Waals surface area contributed by atoms with Crippen molar-refractivity contribution >= 4 is 29.1 Å². The topological polar surface area (TPSA) is 82.6 Å². The minimum atomic E-state index is -0.310. The Hall–Kier alpha value is -3.03. The van der Waals surface area contributed by atoms with Gasteiger partial charge in [0.15, 0.2) is 6.61 Å². The highest BCUT2D eigenvalue weighted by Crippen LogP contribution is 2.27. The van der Waals surface area contributed by atoms with E-state index in [-0.39, 0.29) is 25.7 Å². The number of rotatable bonds is 9. The van der Waals surface area contributed by atoms with Crippen LogP contribution in [-0.2, 0) is 4.79 Å². The van der Waals surface area contributed by atoms with Gasteiger partial charge in [-0.05, 0) is 42.5 Å². The van der Waals surface area contributed by atoms with Gasteiger partial charge < -0.3 is 19.5 Å². The fraction of sp³-hybridized carbons (Fsp3) is 0.190. The molecule has 3 rings (SSSR count). The van der Waals surface area contributed by atoms with Crippen LogP contribution in [-0.4, -0.2) is 43.0 Å². The van der Waals surface area contributed by atoms with Gasteiger partial charge in [-0.1, -0.05) is 23.2 Å². The lowest BCUT2D eigenvalue weighted by Gasteiger charge is -2.09. The molecule has 0 aliphatic heterocycles. The summed E-state index contributed by atoms with van der Waals surface area (Å²) in [5, 5.41) is 11.7. The zero-order chi connectivity index (χ0) is 21.3. The summed E-state index contributed by atoms with van der Waals surface area (Å²) in [6.07, 6.45) is 0. The molecule has 1 N–H and O–H groups in total. The van der Waals surface area contributed by atoms with Gasteiger partial charge in [-0.2, -0.15) is 0 Å². The Balaban J connectivity index is 1.39. The van der Waals surface area contributed by atoms with Crippen LogP contribution in [0.5, 0.6) is 17.4 Å². The molecule has 3 aromatic rings. The molecule has 1 aromatic heterocycles. The number of nitrogens with one attached hydrogen (secondary N) is 1. The Morgan fingerprint density at radius 2 is 1.80 bits per heavy atom. The molecule has 0 saturated carbocycles. The summed E-state index contributed by atoms with van der Waals surface area (Å²) in [5.74, 6) is 1.18. The number of carbonyl (C=O) groups excluding carboxylic acids is 1. The lowest BCUT2D eigenvalue weighted by Crippen LogP contribution is -2.32. The van der Waals surface area contributed by atoms with Crippen molar-refractivity contribution in [2.75, 3.05) is 26.9 Å². The molecule has 1 amide bonds. The highest BCUT2D eigenvalue weighted by molar-refractivity contribution is 6.34. The van der Waals surface area contributed by atoms with Crippen LogP contribution in [0.15, 0.2) is 54.6 Å². The fourth-order valence-corrected chi connectivity index (χ4v) is 2.78. The van der Waals surface area contributed by atoms with Crippen molar-refractivity contribution in [1.29, 1.82) is 0 Å². The molecule has 0 aliphatic rings. The molecule has 0 radical (unpaired) electrons. The van der Waals surface area contributed by atoms with E-state index in [0.29, 0.717) is 21.7 Å². The van der Waals surface area contributed by atoms with Crippen molar-refractivity contribution in [1.82, 2.24) is 15.5 Å². The molecule has 1 heterocycles. The van der Waals surface area contributed by atoms with Crippen LogP contribution in [0.4, 0.5) is 0 Å². The van der Waals surface area contributed by atoms with Gasteiger partial charge in [0.05, 0.1) is 24.4 Å². The third kappa shape index (κ3) is 6.23. The third-order valence-electron chi connectivity index (χ3n) is 3.95. The summed E-state index contributed by atoms with van der Waals surface area (Å²) in [5.41, 5.74) is 1.64. The Labute approximate surface area is 183 Å². The van der Waals surface area contributed by atoms with Gasteiger partial charge in [-0.25, -0.2) is 0 Å². The van der Waals surface area contributed by atoms with E-state index in [0.717, 1.165) is 17.0 Å². The summed E-state index contributed by atoms with van der Waals surface area (Å²) >= 11 is 11.9. The molecule has 2 aromatic carbocycles. The number of amides is 1. The first kappa shape index (κ1) is 21.7. The van der Waals surface area contributed by atoms with E-state index in [9.17, 15) is 4.79 Å². The van der Waals surface area contributed by atoms with Gasteiger partial charge in [0, 0.05) is 22.7 Å². The average Bonchev–Trinajstić information content (AvgIpc) is 2.78. The maximum atomic E-state index is 11.9. The molecule has 0 atom stereocenters. The van der Waals surface area contributed by atoms with Gasteiger partial charge in [0.1, 0.15) is 18.1 Å². The molecular weight excluding hydrogens is 429 g/mol. The Bertz CT molecular complexity index is 983. The molecule has 0 aliphatic carbocycles.